The van der Waals surface area contributed by atoms with Gasteiger partial charge in [-0.1, -0.05) is 18.9 Å². The first-order chi connectivity index (χ1) is 18.0. The molecule has 3 aliphatic rings. The van der Waals surface area contributed by atoms with Gasteiger partial charge in [0.1, 0.15) is 5.76 Å². The van der Waals surface area contributed by atoms with Crippen LogP contribution < -0.4 is 10.2 Å². The molecule has 1 aromatic rings. The maximum absolute atomic E-state index is 13.4. The highest BCUT2D eigenvalue weighted by Crippen LogP contribution is 2.43. The number of carbonyl (C=O) groups excluding carboxylic acids is 3. The Kier molecular flexibility index (Phi) is 7.63. The van der Waals surface area contributed by atoms with E-state index < -0.39 is 17.2 Å². The van der Waals surface area contributed by atoms with Gasteiger partial charge in [-0.3, -0.25) is 14.4 Å². The van der Waals surface area contributed by atoms with Crippen molar-refractivity contribution in [2.24, 2.45) is 11.0 Å². The van der Waals surface area contributed by atoms with Crippen molar-refractivity contribution in [2.45, 2.75) is 72.8 Å². The number of nitrogens with zero attached hydrogens (tertiary/aromatic N) is 3. The topological polar surface area (TPSA) is 102 Å². The van der Waals surface area contributed by atoms with E-state index in [0.29, 0.717) is 22.9 Å². The number of amides is 2. The number of Topliss-reactive ketones (excluding diaryl/α,β-unsaturated/α-hetero) is 1. The van der Waals surface area contributed by atoms with Gasteiger partial charge in [0.25, 0.3) is 5.91 Å². The van der Waals surface area contributed by atoms with Crippen LogP contribution in [-0.2, 0) is 14.4 Å². The molecule has 0 bridgehead atoms. The predicted molar refractivity (Wildman–Crippen MR) is 151 cm³/mol. The van der Waals surface area contributed by atoms with Crippen molar-refractivity contribution < 1.29 is 19.5 Å². The molecule has 1 fully saturated rings. The minimum Gasteiger partial charge on any atom is -0.506 e. The van der Waals surface area contributed by atoms with Crippen LogP contribution >= 0.6 is 0 Å². The van der Waals surface area contributed by atoms with E-state index in [1.165, 1.54) is 17.9 Å². The third-order valence-electron chi connectivity index (χ3n) is 7.41. The molecule has 0 spiro atoms. The maximum Gasteiger partial charge on any atom is 0.277 e. The summed E-state index contributed by atoms with van der Waals surface area (Å²) in [7, 11) is 0. The Morgan fingerprint density at radius 3 is 2.34 bits per heavy atom. The third-order valence-corrected chi connectivity index (χ3v) is 7.41. The monoisotopic (exact) mass is 518 g/mol. The second kappa shape index (κ2) is 10.6. The number of hydrogen-bond donors (Lipinski definition) is 2. The first-order valence-electron chi connectivity index (χ1n) is 13.5. The van der Waals surface area contributed by atoms with Gasteiger partial charge in [-0.25, -0.2) is 5.01 Å². The quantitative estimate of drug-likeness (QED) is 0.472. The Balaban J connectivity index is 1.73. The van der Waals surface area contributed by atoms with Crippen molar-refractivity contribution in [3.8, 4) is 0 Å². The van der Waals surface area contributed by atoms with E-state index >= 15 is 0 Å². The number of anilines is 2. The first kappa shape index (κ1) is 27.4. The summed E-state index contributed by atoms with van der Waals surface area (Å²) in [6, 6.07) is 5.45. The second-order valence-corrected chi connectivity index (χ2v) is 11.1. The average molecular weight is 519 g/mol. The van der Waals surface area contributed by atoms with Crippen molar-refractivity contribution >= 4 is 40.3 Å². The number of allylic oxidation sites excluding steroid dienone is 3. The van der Waals surface area contributed by atoms with Crippen molar-refractivity contribution in [3.63, 3.8) is 0 Å². The largest absolute Gasteiger partial charge is 0.506 e. The lowest BCUT2D eigenvalue weighted by atomic mass is 9.79. The molecule has 1 aromatic carbocycles. The number of carbonyl (C=O) groups is 3. The summed E-state index contributed by atoms with van der Waals surface area (Å²) in [5.74, 6) is -0.973. The van der Waals surface area contributed by atoms with Gasteiger partial charge in [0, 0.05) is 24.3 Å². The van der Waals surface area contributed by atoms with E-state index in [4.69, 9.17) is 0 Å². The number of hydrazone groups is 1. The summed E-state index contributed by atoms with van der Waals surface area (Å²) >= 11 is 0. The smallest absolute Gasteiger partial charge is 0.277 e. The molecule has 2 amide bonds. The standard InChI is InChI=1S/C30H38N4O4/c1-7-33(8-2)20-14-15-21(22(17-20)31-23(35)16-13-19-11-9-10-12-19)25-27(36)26(28(25)37)24-18(3)32-34(29(24)38)30(4,5)6/h13-17,19,36H,7-12H2,1-6H3,(H,31,35)/b16-13+,26-24+. The molecule has 0 radical (unpaired) electrons. The van der Waals surface area contributed by atoms with Gasteiger partial charge in [-0.2, -0.15) is 5.10 Å². The fourth-order valence-corrected chi connectivity index (χ4v) is 5.32. The molecule has 2 aliphatic carbocycles. The fourth-order valence-electron chi connectivity index (χ4n) is 5.32. The normalized spacial score (nSPS) is 20.5. The first-order valence-corrected chi connectivity index (χ1v) is 13.5. The number of aliphatic hydroxyl groups excluding tert-OH is 1. The van der Waals surface area contributed by atoms with Gasteiger partial charge < -0.3 is 15.3 Å². The SMILES string of the molecule is CCN(CC)c1ccc(C2=C(O)/C(=C3\C(=O)N(C(C)(C)C)N=C3C)C2=O)c(NC(=O)/C=C/C2CCCC2)c1. The van der Waals surface area contributed by atoms with Crippen LogP contribution in [0.15, 0.2) is 52.4 Å². The predicted octanol–water partition coefficient (Wildman–Crippen LogP) is 5.38. The molecule has 0 saturated heterocycles. The van der Waals surface area contributed by atoms with Crippen LogP contribution in [0.25, 0.3) is 5.57 Å². The zero-order valence-electron chi connectivity index (χ0n) is 23.2. The summed E-state index contributed by atoms with van der Waals surface area (Å²) in [6.07, 6.45) is 8.06. The van der Waals surface area contributed by atoms with Crippen LogP contribution in [0.5, 0.6) is 0 Å². The van der Waals surface area contributed by atoms with Crippen LogP contribution in [0.3, 0.4) is 0 Å². The van der Waals surface area contributed by atoms with Gasteiger partial charge in [0.2, 0.25) is 11.7 Å². The summed E-state index contributed by atoms with van der Waals surface area (Å²) in [4.78, 5) is 41.6. The van der Waals surface area contributed by atoms with Crippen LogP contribution in [0.2, 0.25) is 0 Å². The van der Waals surface area contributed by atoms with Gasteiger partial charge in [-0.15, -0.1) is 0 Å². The van der Waals surface area contributed by atoms with Crippen LogP contribution in [0.1, 0.15) is 72.8 Å². The van der Waals surface area contributed by atoms with Crippen molar-refractivity contribution in [1.29, 1.82) is 0 Å². The molecule has 4 rings (SSSR count). The Morgan fingerprint density at radius 1 is 1.13 bits per heavy atom. The van der Waals surface area contributed by atoms with Crippen LogP contribution in [-0.4, -0.2) is 52.1 Å². The van der Waals surface area contributed by atoms with Crippen molar-refractivity contribution in [3.05, 3.63) is 52.8 Å². The minimum atomic E-state index is -0.570. The zero-order chi connectivity index (χ0) is 27.8. The van der Waals surface area contributed by atoms with Gasteiger partial charge >= 0.3 is 0 Å². The van der Waals surface area contributed by atoms with E-state index in [2.05, 4.69) is 15.3 Å². The summed E-state index contributed by atoms with van der Waals surface area (Å²) in [6.45, 7) is 12.9. The van der Waals surface area contributed by atoms with Gasteiger partial charge in [-0.05, 0) is 84.6 Å². The maximum atomic E-state index is 13.4. The summed E-state index contributed by atoms with van der Waals surface area (Å²) < 4.78 is 0. The molecule has 8 heteroatoms. The molecule has 1 aliphatic heterocycles. The number of aliphatic hydroxyl groups is 1. The molecule has 38 heavy (non-hydrogen) atoms. The number of hydrogen-bond acceptors (Lipinski definition) is 6. The lowest BCUT2D eigenvalue weighted by Gasteiger charge is -2.29. The lowest BCUT2D eigenvalue weighted by molar-refractivity contribution is -0.130. The molecule has 0 atom stereocenters. The zero-order valence-corrected chi connectivity index (χ0v) is 23.2. The Morgan fingerprint density at radius 2 is 1.79 bits per heavy atom. The highest BCUT2D eigenvalue weighted by atomic mass is 16.3. The summed E-state index contributed by atoms with van der Waals surface area (Å²) in [5.41, 5.74) is 1.76. The fraction of sp³-hybridized carbons (Fsp3) is 0.467. The minimum absolute atomic E-state index is 0.0239. The van der Waals surface area contributed by atoms with Crippen LogP contribution in [0.4, 0.5) is 11.4 Å². The van der Waals surface area contributed by atoms with Gasteiger partial charge in [0.05, 0.1) is 33.7 Å². The second-order valence-electron chi connectivity index (χ2n) is 11.1. The van der Waals surface area contributed by atoms with E-state index in [9.17, 15) is 19.5 Å². The Labute approximate surface area is 224 Å². The molecular weight excluding hydrogens is 480 g/mol. The number of benzene rings is 1. The van der Waals surface area contributed by atoms with E-state index in [1.54, 1.807) is 19.1 Å². The van der Waals surface area contributed by atoms with E-state index in [-0.39, 0.29) is 28.4 Å². The number of nitrogens with one attached hydrogen (secondary N) is 1. The molecule has 1 saturated carbocycles. The highest BCUT2D eigenvalue weighted by Gasteiger charge is 2.45. The van der Waals surface area contributed by atoms with E-state index in [0.717, 1.165) is 31.6 Å². The number of ketones is 1. The number of rotatable bonds is 7. The molecule has 0 aromatic heterocycles. The van der Waals surface area contributed by atoms with Crippen LogP contribution in [0, 0.1) is 5.92 Å². The average Bonchev–Trinajstić information content (AvgIpc) is 3.49. The molecule has 1 heterocycles. The van der Waals surface area contributed by atoms with Crippen molar-refractivity contribution in [1.82, 2.24) is 5.01 Å². The third kappa shape index (κ3) is 5.04. The highest BCUT2D eigenvalue weighted by molar-refractivity contribution is 6.44. The van der Waals surface area contributed by atoms with Gasteiger partial charge in [0.15, 0.2) is 0 Å². The van der Waals surface area contributed by atoms with E-state index in [1.807, 2.05) is 52.8 Å². The molecule has 0 unspecified atom stereocenters. The Bertz CT molecular complexity index is 1290. The molecule has 8 nitrogen and oxygen atoms in total. The molecule has 202 valence electrons. The molecular formula is C30H38N4O4. The van der Waals surface area contributed by atoms with Crippen molar-refractivity contribution in [2.75, 3.05) is 23.3 Å². The molecule has 2 N–H and O–H groups in total. The Hall–Kier alpha value is -3.68. The summed E-state index contributed by atoms with van der Waals surface area (Å²) in [5, 5.41) is 19.7. The lowest BCUT2D eigenvalue weighted by Crippen LogP contribution is -2.40.